The number of carbonyl (C=O) groups excluding carboxylic acids is 1. The van der Waals surface area contributed by atoms with Crippen LogP contribution >= 0.6 is 35.0 Å². The number of thioether (sulfide) groups is 1. The molecule has 0 saturated carbocycles. The van der Waals surface area contributed by atoms with E-state index in [0.717, 1.165) is 11.8 Å². The van der Waals surface area contributed by atoms with Crippen LogP contribution in [0.1, 0.15) is 12.5 Å². The molecule has 1 aliphatic rings. The molecule has 178 valence electrons. The van der Waals surface area contributed by atoms with Gasteiger partial charge in [0.25, 0.3) is 5.91 Å². The smallest absolute Gasteiger partial charge is 0.315 e. The monoisotopic (exact) mass is 529 g/mol. The van der Waals surface area contributed by atoms with E-state index in [1.165, 1.54) is 23.1 Å². The fraction of sp³-hybridized carbons (Fsp3) is 0.0833. The van der Waals surface area contributed by atoms with Gasteiger partial charge in [0.2, 0.25) is 5.75 Å². The van der Waals surface area contributed by atoms with E-state index < -0.39 is 16.4 Å². The van der Waals surface area contributed by atoms with E-state index in [1.807, 2.05) is 0 Å². The second-order valence-corrected chi connectivity index (χ2v) is 9.06. The summed E-state index contributed by atoms with van der Waals surface area (Å²) >= 11 is 13.1. The zero-order valence-corrected chi connectivity index (χ0v) is 20.5. The van der Waals surface area contributed by atoms with E-state index >= 15 is 0 Å². The van der Waals surface area contributed by atoms with Crippen LogP contribution in [-0.4, -0.2) is 27.7 Å². The third-order valence-electron chi connectivity index (χ3n) is 4.81. The Morgan fingerprint density at radius 1 is 1.11 bits per heavy atom. The number of nitrogens with zero attached hydrogens (tertiary/aromatic N) is 3. The van der Waals surface area contributed by atoms with E-state index in [2.05, 4.69) is 4.99 Å². The molecule has 1 aliphatic heterocycles. The highest BCUT2D eigenvalue weighted by molar-refractivity contribution is 8.19. The lowest BCUT2D eigenvalue weighted by molar-refractivity contribution is -0.386. The van der Waals surface area contributed by atoms with Crippen LogP contribution in [0.15, 0.2) is 70.6 Å². The van der Waals surface area contributed by atoms with Crippen LogP contribution < -0.4 is 9.64 Å². The molecular formula is C24H17Cl2N3O5S. The van der Waals surface area contributed by atoms with E-state index in [9.17, 15) is 20.0 Å². The Kier molecular flexibility index (Phi) is 7.30. The predicted molar refractivity (Wildman–Crippen MR) is 139 cm³/mol. The summed E-state index contributed by atoms with van der Waals surface area (Å²) in [5.74, 6) is -0.996. The lowest BCUT2D eigenvalue weighted by atomic mass is 10.1. The molecule has 35 heavy (non-hydrogen) atoms. The lowest BCUT2D eigenvalue weighted by Crippen LogP contribution is -2.28. The third kappa shape index (κ3) is 5.43. The Balaban J connectivity index is 1.80. The van der Waals surface area contributed by atoms with Gasteiger partial charge in [0.1, 0.15) is 0 Å². The Hall–Kier alpha value is -3.53. The van der Waals surface area contributed by atoms with Crippen molar-refractivity contribution in [2.75, 3.05) is 11.5 Å². The first-order valence-corrected chi connectivity index (χ1v) is 11.8. The first-order valence-electron chi connectivity index (χ1n) is 10.2. The van der Waals surface area contributed by atoms with Crippen molar-refractivity contribution >= 4 is 69.2 Å². The number of rotatable bonds is 6. The summed E-state index contributed by atoms with van der Waals surface area (Å²) < 4.78 is 5.34. The van der Waals surface area contributed by atoms with Crippen molar-refractivity contribution < 1.29 is 19.6 Å². The van der Waals surface area contributed by atoms with Gasteiger partial charge in [0.15, 0.2) is 10.9 Å². The van der Waals surface area contributed by atoms with Crippen molar-refractivity contribution in [3.05, 3.63) is 91.3 Å². The van der Waals surface area contributed by atoms with Crippen LogP contribution in [0.3, 0.4) is 0 Å². The molecular weight excluding hydrogens is 513 g/mol. The van der Waals surface area contributed by atoms with Crippen molar-refractivity contribution in [2.45, 2.75) is 6.92 Å². The van der Waals surface area contributed by atoms with Crippen molar-refractivity contribution in [1.82, 2.24) is 0 Å². The number of benzene rings is 3. The highest BCUT2D eigenvalue weighted by Gasteiger charge is 2.35. The molecule has 4 rings (SSSR count). The van der Waals surface area contributed by atoms with Crippen molar-refractivity contribution in [3.8, 4) is 11.5 Å². The summed E-state index contributed by atoms with van der Waals surface area (Å²) in [5.41, 5.74) is 0.930. The number of ether oxygens (including phenoxy) is 1. The summed E-state index contributed by atoms with van der Waals surface area (Å²) in [5, 5.41) is 23.0. The van der Waals surface area contributed by atoms with Gasteiger partial charge in [-0.15, -0.1) is 0 Å². The topological polar surface area (TPSA) is 105 Å². The molecule has 3 aromatic carbocycles. The van der Waals surface area contributed by atoms with Crippen LogP contribution in [0.5, 0.6) is 11.5 Å². The largest absolute Gasteiger partial charge is 0.500 e. The van der Waals surface area contributed by atoms with Crippen molar-refractivity contribution in [2.24, 2.45) is 4.99 Å². The molecule has 8 nitrogen and oxygen atoms in total. The van der Waals surface area contributed by atoms with Gasteiger partial charge in [0.05, 0.1) is 27.8 Å². The van der Waals surface area contributed by atoms with Gasteiger partial charge in [-0.05, 0) is 84.9 Å². The molecule has 1 amide bonds. The minimum Gasteiger partial charge on any atom is -0.500 e. The third-order valence-corrected chi connectivity index (χ3v) is 6.29. The number of carbonyl (C=O) groups is 1. The number of amides is 1. The molecule has 1 fully saturated rings. The van der Waals surface area contributed by atoms with E-state index in [-0.39, 0.29) is 23.2 Å². The fourth-order valence-electron chi connectivity index (χ4n) is 3.25. The van der Waals surface area contributed by atoms with Gasteiger partial charge in [-0.1, -0.05) is 23.2 Å². The zero-order chi connectivity index (χ0) is 25.1. The van der Waals surface area contributed by atoms with Gasteiger partial charge >= 0.3 is 5.69 Å². The second kappa shape index (κ2) is 10.4. The summed E-state index contributed by atoms with van der Waals surface area (Å²) in [6, 6.07) is 16.2. The number of aliphatic imine (C=N–C) groups is 1. The number of amidine groups is 1. The molecule has 1 N–H and O–H groups in total. The summed E-state index contributed by atoms with van der Waals surface area (Å²) in [4.78, 5) is 30.5. The molecule has 1 saturated heterocycles. The van der Waals surface area contributed by atoms with E-state index in [1.54, 1.807) is 55.5 Å². The van der Waals surface area contributed by atoms with E-state index in [0.29, 0.717) is 32.2 Å². The molecule has 3 aromatic rings. The highest BCUT2D eigenvalue weighted by atomic mass is 35.5. The fourth-order valence-corrected chi connectivity index (χ4v) is 4.50. The van der Waals surface area contributed by atoms with Gasteiger partial charge < -0.3 is 9.84 Å². The average Bonchev–Trinajstić information content (AvgIpc) is 3.12. The maximum Gasteiger partial charge on any atom is 0.315 e. The summed E-state index contributed by atoms with van der Waals surface area (Å²) in [6.07, 6.45) is 1.50. The van der Waals surface area contributed by atoms with E-state index in [4.69, 9.17) is 27.9 Å². The number of nitro benzene ring substituents is 1. The first-order chi connectivity index (χ1) is 16.8. The lowest BCUT2D eigenvalue weighted by Gasteiger charge is -2.15. The molecule has 0 aliphatic carbocycles. The van der Waals surface area contributed by atoms with Crippen molar-refractivity contribution in [3.63, 3.8) is 0 Å². The average molecular weight is 530 g/mol. The normalized spacial score (nSPS) is 15.7. The Morgan fingerprint density at radius 3 is 2.34 bits per heavy atom. The Bertz CT molecular complexity index is 1360. The van der Waals surface area contributed by atoms with Gasteiger partial charge in [0, 0.05) is 16.1 Å². The minimum atomic E-state index is -0.711. The van der Waals surface area contributed by atoms with Crippen LogP contribution in [0, 0.1) is 10.1 Å². The minimum absolute atomic E-state index is 0.0476. The van der Waals surface area contributed by atoms with Crippen LogP contribution in [0.2, 0.25) is 10.0 Å². The predicted octanol–water partition coefficient (Wildman–Crippen LogP) is 6.81. The Morgan fingerprint density at radius 2 is 1.74 bits per heavy atom. The van der Waals surface area contributed by atoms with Crippen LogP contribution in [-0.2, 0) is 4.79 Å². The first kappa shape index (κ1) is 24.6. The zero-order valence-electron chi connectivity index (χ0n) is 18.1. The number of anilines is 1. The molecule has 1 heterocycles. The standard InChI is InChI=1S/C24H17Cl2N3O5S/c1-2-34-20-12-14(11-19(22(20)30)29(32)33)13-21-23(31)28(18-9-5-16(26)6-10-18)24(35-21)27-17-7-3-15(25)4-8-17/h3-13,30H,2H2,1H3/b21-13-,27-24?. The maximum absolute atomic E-state index is 13.4. The number of halogens is 2. The summed E-state index contributed by atoms with van der Waals surface area (Å²) in [7, 11) is 0. The van der Waals surface area contributed by atoms with Crippen LogP contribution in [0.4, 0.5) is 17.1 Å². The quantitative estimate of drug-likeness (QED) is 0.213. The molecule has 0 spiro atoms. The number of aromatic hydroxyl groups is 1. The highest BCUT2D eigenvalue weighted by Crippen LogP contribution is 2.41. The Labute approximate surface area is 214 Å². The molecule has 0 aromatic heterocycles. The summed E-state index contributed by atoms with van der Waals surface area (Å²) in [6.45, 7) is 1.89. The van der Waals surface area contributed by atoms with Crippen molar-refractivity contribution in [1.29, 1.82) is 0 Å². The number of nitro groups is 1. The van der Waals surface area contributed by atoms with Gasteiger partial charge in [-0.3, -0.25) is 19.8 Å². The second-order valence-electron chi connectivity index (χ2n) is 7.18. The number of phenols is 1. The van der Waals surface area contributed by atoms with Crippen LogP contribution in [0.25, 0.3) is 6.08 Å². The van der Waals surface area contributed by atoms with Gasteiger partial charge in [-0.2, -0.15) is 0 Å². The number of hydrogen-bond donors (Lipinski definition) is 1. The number of phenolic OH excluding ortho intramolecular Hbond substituents is 1. The SMILES string of the molecule is CCOc1cc(/C=C2\SC(=Nc3ccc(Cl)cc3)N(c3ccc(Cl)cc3)C2=O)cc([N+](=O)[O-])c1O. The molecule has 0 bridgehead atoms. The molecule has 0 atom stereocenters. The van der Waals surface area contributed by atoms with Gasteiger partial charge in [-0.25, -0.2) is 4.99 Å². The number of hydrogen-bond acceptors (Lipinski definition) is 7. The molecule has 0 unspecified atom stereocenters. The molecule has 11 heteroatoms. The maximum atomic E-state index is 13.4. The molecule has 0 radical (unpaired) electrons.